The molecule has 4 aromatic rings. The van der Waals surface area contributed by atoms with Gasteiger partial charge in [0.2, 0.25) is 0 Å². The average Bonchev–Trinajstić information content (AvgIpc) is 3.45. The van der Waals surface area contributed by atoms with Crippen LogP contribution in [0.25, 0.3) is 5.69 Å². The van der Waals surface area contributed by atoms with Crippen molar-refractivity contribution in [2.75, 3.05) is 6.54 Å². The largest absolute Gasteiger partial charge is 0.324 e. The molecule has 1 heterocycles. The third-order valence-corrected chi connectivity index (χ3v) is 6.84. The highest BCUT2D eigenvalue weighted by Gasteiger charge is 2.31. The number of aromatic nitrogens is 1. The number of nitriles is 2. The topological polar surface area (TPSA) is 64.5 Å². The lowest BCUT2D eigenvalue weighted by atomic mass is 9.81. The molecular formula is C31H29ClN4. The van der Waals surface area contributed by atoms with Crippen molar-refractivity contribution in [3.63, 3.8) is 0 Å². The molecule has 0 aliphatic heterocycles. The summed E-state index contributed by atoms with van der Waals surface area (Å²) in [7, 11) is 0. The van der Waals surface area contributed by atoms with E-state index in [1.54, 1.807) is 0 Å². The van der Waals surface area contributed by atoms with Crippen molar-refractivity contribution in [3.05, 3.63) is 125 Å². The number of rotatable bonds is 9. The van der Waals surface area contributed by atoms with Gasteiger partial charge in [-0.1, -0.05) is 48.0 Å². The Morgan fingerprint density at radius 2 is 1.58 bits per heavy atom. The zero-order valence-corrected chi connectivity index (χ0v) is 21.3. The second-order valence-electron chi connectivity index (χ2n) is 9.62. The maximum Gasteiger partial charge on any atom is 0.0991 e. The Bertz CT molecular complexity index is 1360. The molecule has 180 valence electrons. The van der Waals surface area contributed by atoms with Crippen LogP contribution in [0.4, 0.5) is 0 Å². The van der Waals surface area contributed by atoms with Gasteiger partial charge in [-0.3, -0.25) is 0 Å². The highest BCUT2D eigenvalue weighted by Crippen LogP contribution is 2.34. The first-order valence-electron chi connectivity index (χ1n) is 12.0. The van der Waals surface area contributed by atoms with E-state index in [0.29, 0.717) is 17.1 Å². The molecule has 0 bridgehead atoms. The van der Waals surface area contributed by atoms with Gasteiger partial charge in [-0.25, -0.2) is 0 Å². The Balaban J connectivity index is 1.61. The summed E-state index contributed by atoms with van der Waals surface area (Å²) in [5.74, 6) is 0.107. The Kier molecular flexibility index (Phi) is 7.91. The van der Waals surface area contributed by atoms with E-state index >= 15 is 0 Å². The quantitative estimate of drug-likeness (QED) is 0.268. The van der Waals surface area contributed by atoms with Crippen LogP contribution in [-0.2, 0) is 6.42 Å². The van der Waals surface area contributed by atoms with Gasteiger partial charge in [0.25, 0.3) is 0 Å². The Labute approximate surface area is 218 Å². The van der Waals surface area contributed by atoms with Crippen LogP contribution in [0.15, 0.2) is 97.3 Å². The van der Waals surface area contributed by atoms with Gasteiger partial charge in [-0.15, -0.1) is 0 Å². The van der Waals surface area contributed by atoms with Crippen LogP contribution in [0.5, 0.6) is 0 Å². The lowest BCUT2D eigenvalue weighted by Crippen LogP contribution is -2.36. The number of nitrogens with zero attached hydrogens (tertiary/aromatic N) is 3. The van der Waals surface area contributed by atoms with E-state index in [9.17, 15) is 10.5 Å². The van der Waals surface area contributed by atoms with Gasteiger partial charge in [-0.05, 0) is 85.5 Å². The smallest absolute Gasteiger partial charge is 0.0991 e. The molecule has 1 aromatic heterocycles. The zero-order chi connectivity index (χ0) is 25.5. The Morgan fingerprint density at radius 1 is 0.889 bits per heavy atom. The maximum absolute atomic E-state index is 10.00. The summed E-state index contributed by atoms with van der Waals surface area (Å²) in [4.78, 5) is 0. The van der Waals surface area contributed by atoms with Gasteiger partial charge < -0.3 is 9.88 Å². The zero-order valence-electron chi connectivity index (χ0n) is 20.5. The molecule has 5 heteroatoms. The van der Waals surface area contributed by atoms with Crippen molar-refractivity contribution < 1.29 is 0 Å². The summed E-state index contributed by atoms with van der Waals surface area (Å²) >= 11 is 6.10. The minimum Gasteiger partial charge on any atom is -0.324 e. The van der Waals surface area contributed by atoms with E-state index < -0.39 is 5.41 Å². The molecule has 3 aromatic carbocycles. The standard InChI is InChI=1S/C31H29ClN4/c1-31(2,22-34)30(25-10-14-29(15-11-25)36-16-3-4-17-36)35-21-27(18-23-8-12-28(32)13-9-23)26-7-5-6-24(19-26)20-33/h3-17,19,27,30,35H,18,21H2,1-2H3. The van der Waals surface area contributed by atoms with E-state index in [1.807, 2.05) is 80.8 Å². The van der Waals surface area contributed by atoms with E-state index in [1.165, 1.54) is 5.56 Å². The Hall–Kier alpha value is -3.83. The molecule has 0 spiro atoms. The third kappa shape index (κ3) is 6.04. The molecule has 0 aliphatic carbocycles. The lowest BCUT2D eigenvalue weighted by Gasteiger charge is -2.32. The first kappa shape index (κ1) is 25.3. The normalized spacial score (nSPS) is 12.9. The van der Waals surface area contributed by atoms with Crippen molar-refractivity contribution in [2.24, 2.45) is 5.41 Å². The summed E-state index contributed by atoms with van der Waals surface area (Å²) in [5.41, 5.74) is 4.41. The first-order chi connectivity index (χ1) is 17.4. The average molecular weight is 493 g/mol. The molecule has 2 atom stereocenters. The highest BCUT2D eigenvalue weighted by atomic mass is 35.5. The number of benzene rings is 3. The van der Waals surface area contributed by atoms with Gasteiger partial charge in [-0.2, -0.15) is 10.5 Å². The van der Waals surface area contributed by atoms with E-state index in [2.05, 4.69) is 52.4 Å². The molecule has 36 heavy (non-hydrogen) atoms. The van der Waals surface area contributed by atoms with Crippen molar-refractivity contribution in [1.29, 1.82) is 10.5 Å². The Morgan fingerprint density at radius 3 is 2.22 bits per heavy atom. The van der Waals surface area contributed by atoms with Crippen molar-refractivity contribution in [2.45, 2.75) is 32.2 Å². The van der Waals surface area contributed by atoms with Gasteiger partial charge in [0.1, 0.15) is 0 Å². The second kappa shape index (κ2) is 11.3. The predicted molar refractivity (Wildman–Crippen MR) is 145 cm³/mol. The van der Waals surface area contributed by atoms with Crippen LogP contribution < -0.4 is 5.32 Å². The number of nitrogens with one attached hydrogen (secondary N) is 1. The van der Waals surface area contributed by atoms with Crippen molar-refractivity contribution in [3.8, 4) is 17.8 Å². The van der Waals surface area contributed by atoms with Crippen LogP contribution >= 0.6 is 11.6 Å². The summed E-state index contributed by atoms with van der Waals surface area (Å²) in [5, 5.41) is 23.9. The molecule has 0 radical (unpaired) electrons. The fourth-order valence-electron chi connectivity index (χ4n) is 4.53. The van der Waals surface area contributed by atoms with E-state index in [0.717, 1.165) is 23.2 Å². The molecule has 0 saturated carbocycles. The molecule has 4 rings (SSSR count). The molecule has 0 fully saturated rings. The number of halogens is 1. The number of hydrogen-bond donors (Lipinski definition) is 1. The van der Waals surface area contributed by atoms with E-state index in [4.69, 9.17) is 11.6 Å². The maximum atomic E-state index is 10.00. The first-order valence-corrected chi connectivity index (χ1v) is 12.4. The fraction of sp³-hybridized carbons (Fsp3) is 0.226. The summed E-state index contributed by atoms with van der Waals surface area (Å²) in [6.07, 6.45) is 4.81. The monoisotopic (exact) mass is 492 g/mol. The van der Waals surface area contributed by atoms with Crippen molar-refractivity contribution in [1.82, 2.24) is 9.88 Å². The van der Waals surface area contributed by atoms with Crippen LogP contribution in [0, 0.1) is 28.1 Å². The third-order valence-electron chi connectivity index (χ3n) is 6.59. The van der Waals surface area contributed by atoms with Crippen LogP contribution in [0.1, 0.15) is 48.1 Å². The van der Waals surface area contributed by atoms with Gasteiger partial charge in [0.15, 0.2) is 0 Å². The summed E-state index contributed by atoms with van der Waals surface area (Å²) in [6, 6.07) is 32.6. The highest BCUT2D eigenvalue weighted by molar-refractivity contribution is 6.30. The van der Waals surface area contributed by atoms with Gasteiger partial charge in [0, 0.05) is 35.6 Å². The minimum atomic E-state index is -0.631. The van der Waals surface area contributed by atoms with Crippen LogP contribution in [-0.4, -0.2) is 11.1 Å². The molecule has 0 saturated heterocycles. The minimum absolute atomic E-state index is 0.107. The molecule has 2 unspecified atom stereocenters. The molecular weight excluding hydrogens is 464 g/mol. The second-order valence-corrected chi connectivity index (χ2v) is 10.1. The van der Waals surface area contributed by atoms with Crippen molar-refractivity contribution >= 4 is 11.6 Å². The number of hydrogen-bond acceptors (Lipinski definition) is 3. The molecule has 4 nitrogen and oxygen atoms in total. The van der Waals surface area contributed by atoms with E-state index in [-0.39, 0.29) is 12.0 Å². The van der Waals surface area contributed by atoms with Gasteiger partial charge >= 0.3 is 0 Å². The van der Waals surface area contributed by atoms with Crippen LogP contribution in [0.2, 0.25) is 5.02 Å². The fourth-order valence-corrected chi connectivity index (χ4v) is 4.66. The summed E-state index contributed by atoms with van der Waals surface area (Å²) in [6.45, 7) is 4.58. The lowest BCUT2D eigenvalue weighted by molar-refractivity contribution is 0.317. The predicted octanol–water partition coefficient (Wildman–Crippen LogP) is 7.21. The van der Waals surface area contributed by atoms with Gasteiger partial charge in [0.05, 0.1) is 29.2 Å². The SMILES string of the molecule is CC(C)(C#N)C(NCC(Cc1ccc(Cl)cc1)c1cccc(C#N)c1)c1ccc(-n2cccc2)cc1. The molecule has 0 amide bonds. The summed E-state index contributed by atoms with van der Waals surface area (Å²) < 4.78 is 2.06. The van der Waals surface area contributed by atoms with Crippen LogP contribution in [0.3, 0.4) is 0 Å². The molecule has 1 N–H and O–H groups in total. The molecule has 0 aliphatic rings.